The number of carbonyl (C=O) groups is 1. The lowest BCUT2D eigenvalue weighted by Gasteiger charge is -2.24. The van der Waals surface area contributed by atoms with E-state index >= 15 is 0 Å². The highest BCUT2D eigenvalue weighted by atomic mass is 32.2. The number of nitriles is 1. The number of benzene rings is 2. The highest BCUT2D eigenvalue weighted by Gasteiger charge is 2.21. The van der Waals surface area contributed by atoms with E-state index in [0.29, 0.717) is 36.6 Å². The second-order valence-electron chi connectivity index (χ2n) is 6.42. The topological polar surface area (TPSA) is 99.5 Å². The lowest BCUT2D eigenvalue weighted by atomic mass is 10.1. The van der Waals surface area contributed by atoms with Gasteiger partial charge in [0.15, 0.2) is 0 Å². The molecule has 0 bridgehead atoms. The second-order valence-corrected chi connectivity index (χ2v) is 8.33. The van der Waals surface area contributed by atoms with E-state index in [0.717, 1.165) is 11.8 Å². The summed E-state index contributed by atoms with van der Waals surface area (Å²) in [6, 6.07) is 16.1. The summed E-state index contributed by atoms with van der Waals surface area (Å²) < 4.78 is 31.4. The van der Waals surface area contributed by atoms with Crippen LogP contribution in [0.1, 0.15) is 25.3 Å². The first kappa shape index (κ1) is 22.2. The molecular formula is C21H25N3O4S. The molecule has 7 nitrogen and oxygen atoms in total. The fourth-order valence-corrected chi connectivity index (χ4v) is 3.78. The van der Waals surface area contributed by atoms with Crippen molar-refractivity contribution in [2.24, 2.45) is 0 Å². The van der Waals surface area contributed by atoms with Gasteiger partial charge >= 0.3 is 0 Å². The Labute approximate surface area is 172 Å². The smallest absolute Gasteiger partial charge is 0.232 e. The van der Waals surface area contributed by atoms with Crippen molar-refractivity contribution in [3.05, 3.63) is 54.1 Å². The van der Waals surface area contributed by atoms with Crippen LogP contribution in [0.15, 0.2) is 48.5 Å². The van der Waals surface area contributed by atoms with Crippen LogP contribution in [0.5, 0.6) is 5.75 Å². The molecule has 0 radical (unpaired) electrons. The van der Waals surface area contributed by atoms with E-state index < -0.39 is 10.0 Å². The molecule has 1 N–H and O–H groups in total. The average Bonchev–Trinajstić information content (AvgIpc) is 2.67. The van der Waals surface area contributed by atoms with Crippen LogP contribution in [0, 0.1) is 11.3 Å². The SMILES string of the molecule is CCOc1ccccc1N(CCCC(=O)Nc1ccc(CC#N)cc1)S(C)(=O)=O. The number of ether oxygens (including phenoxy) is 1. The van der Waals surface area contributed by atoms with Gasteiger partial charge in [0, 0.05) is 18.7 Å². The number of anilines is 2. The van der Waals surface area contributed by atoms with Gasteiger partial charge in [-0.1, -0.05) is 24.3 Å². The summed E-state index contributed by atoms with van der Waals surface area (Å²) in [6.07, 6.45) is 1.98. The number of hydrogen-bond donors (Lipinski definition) is 1. The second kappa shape index (κ2) is 10.5. The van der Waals surface area contributed by atoms with Crippen molar-refractivity contribution < 1.29 is 17.9 Å². The molecule has 0 spiro atoms. The Balaban J connectivity index is 1.98. The number of carbonyl (C=O) groups excluding carboxylic acids is 1. The Bertz CT molecular complexity index is 966. The summed E-state index contributed by atoms with van der Waals surface area (Å²) in [5, 5.41) is 11.5. The Morgan fingerprint density at radius 3 is 2.48 bits per heavy atom. The minimum absolute atomic E-state index is 0.164. The molecule has 0 heterocycles. The van der Waals surface area contributed by atoms with E-state index in [1.165, 1.54) is 4.31 Å². The van der Waals surface area contributed by atoms with Crippen LogP contribution >= 0.6 is 0 Å². The number of nitrogens with one attached hydrogen (secondary N) is 1. The maximum Gasteiger partial charge on any atom is 0.232 e. The Hall–Kier alpha value is -3.05. The zero-order valence-electron chi connectivity index (χ0n) is 16.6. The fraction of sp³-hybridized carbons (Fsp3) is 0.333. The van der Waals surface area contributed by atoms with Crippen LogP contribution < -0.4 is 14.4 Å². The molecule has 0 aromatic heterocycles. The number of amides is 1. The van der Waals surface area contributed by atoms with Gasteiger partial charge in [0.1, 0.15) is 5.75 Å². The number of sulfonamides is 1. The van der Waals surface area contributed by atoms with E-state index in [1.807, 2.05) is 6.92 Å². The summed E-state index contributed by atoms with van der Waals surface area (Å²) >= 11 is 0. The van der Waals surface area contributed by atoms with Crippen molar-refractivity contribution in [1.82, 2.24) is 0 Å². The van der Waals surface area contributed by atoms with Crippen molar-refractivity contribution in [3.63, 3.8) is 0 Å². The van der Waals surface area contributed by atoms with Gasteiger partial charge in [-0.2, -0.15) is 5.26 Å². The van der Waals surface area contributed by atoms with Crippen LogP contribution in [-0.4, -0.2) is 33.7 Å². The molecule has 2 rings (SSSR count). The average molecular weight is 416 g/mol. The largest absolute Gasteiger partial charge is 0.492 e. The van der Waals surface area contributed by atoms with E-state index in [4.69, 9.17) is 10.00 Å². The number of nitrogens with zero attached hydrogens (tertiary/aromatic N) is 2. The van der Waals surface area contributed by atoms with Gasteiger partial charge in [0.25, 0.3) is 0 Å². The highest BCUT2D eigenvalue weighted by molar-refractivity contribution is 7.92. The molecule has 1 amide bonds. The normalized spacial score (nSPS) is 10.8. The van der Waals surface area contributed by atoms with Crippen molar-refractivity contribution >= 4 is 27.3 Å². The Morgan fingerprint density at radius 2 is 1.86 bits per heavy atom. The third-order valence-electron chi connectivity index (χ3n) is 4.12. The van der Waals surface area contributed by atoms with Crippen LogP contribution in [0.2, 0.25) is 0 Å². The van der Waals surface area contributed by atoms with E-state index in [1.54, 1.807) is 48.5 Å². The molecule has 0 atom stereocenters. The lowest BCUT2D eigenvalue weighted by molar-refractivity contribution is -0.116. The first-order chi connectivity index (χ1) is 13.8. The van der Waals surface area contributed by atoms with Gasteiger partial charge in [0.05, 0.1) is 31.0 Å². The van der Waals surface area contributed by atoms with Gasteiger partial charge in [-0.25, -0.2) is 8.42 Å². The zero-order valence-corrected chi connectivity index (χ0v) is 17.4. The first-order valence-electron chi connectivity index (χ1n) is 9.30. The molecule has 2 aromatic carbocycles. The molecule has 0 fully saturated rings. The Kier molecular flexibility index (Phi) is 8.04. The maximum absolute atomic E-state index is 12.3. The molecule has 8 heteroatoms. The predicted octanol–water partition coefficient (Wildman–Crippen LogP) is 3.34. The van der Waals surface area contributed by atoms with Crippen LogP contribution in [-0.2, 0) is 21.2 Å². The molecular weight excluding hydrogens is 390 g/mol. The van der Waals surface area contributed by atoms with Crippen molar-refractivity contribution in [1.29, 1.82) is 5.26 Å². The lowest BCUT2D eigenvalue weighted by Crippen LogP contribution is -2.31. The van der Waals surface area contributed by atoms with Crippen LogP contribution in [0.3, 0.4) is 0 Å². The highest BCUT2D eigenvalue weighted by Crippen LogP contribution is 2.30. The molecule has 0 aliphatic rings. The minimum Gasteiger partial charge on any atom is -0.492 e. The van der Waals surface area contributed by atoms with Gasteiger partial charge in [-0.3, -0.25) is 9.10 Å². The first-order valence-corrected chi connectivity index (χ1v) is 11.1. The van der Waals surface area contributed by atoms with E-state index in [-0.39, 0.29) is 18.9 Å². The molecule has 0 aliphatic heterocycles. The summed E-state index contributed by atoms with van der Waals surface area (Å²) in [4.78, 5) is 12.2. The van der Waals surface area contributed by atoms with Crippen LogP contribution in [0.25, 0.3) is 0 Å². The molecule has 0 aliphatic carbocycles. The molecule has 154 valence electrons. The van der Waals surface area contributed by atoms with Gasteiger partial charge in [-0.15, -0.1) is 0 Å². The Morgan fingerprint density at radius 1 is 1.17 bits per heavy atom. The molecule has 0 unspecified atom stereocenters. The summed E-state index contributed by atoms with van der Waals surface area (Å²) in [7, 11) is -3.53. The molecule has 0 saturated heterocycles. The molecule has 0 saturated carbocycles. The van der Waals surface area contributed by atoms with Crippen LogP contribution in [0.4, 0.5) is 11.4 Å². The van der Waals surface area contributed by atoms with Gasteiger partial charge in [0.2, 0.25) is 15.9 Å². The quantitative estimate of drug-likeness (QED) is 0.642. The number of hydrogen-bond acceptors (Lipinski definition) is 5. The minimum atomic E-state index is -3.53. The molecule has 29 heavy (non-hydrogen) atoms. The summed E-state index contributed by atoms with van der Waals surface area (Å²) in [6.45, 7) is 2.42. The van der Waals surface area contributed by atoms with Crippen molar-refractivity contribution in [3.8, 4) is 11.8 Å². The fourth-order valence-electron chi connectivity index (χ4n) is 2.81. The summed E-state index contributed by atoms with van der Waals surface area (Å²) in [5.41, 5.74) is 1.98. The third-order valence-corrected chi connectivity index (χ3v) is 5.30. The van der Waals surface area contributed by atoms with Crippen molar-refractivity contribution in [2.45, 2.75) is 26.2 Å². The maximum atomic E-state index is 12.3. The summed E-state index contributed by atoms with van der Waals surface area (Å²) in [5.74, 6) is 0.284. The number of para-hydroxylation sites is 2. The van der Waals surface area contributed by atoms with E-state index in [2.05, 4.69) is 11.4 Å². The van der Waals surface area contributed by atoms with Gasteiger partial charge in [-0.05, 0) is 43.2 Å². The monoisotopic (exact) mass is 415 g/mol. The standard InChI is InChI=1S/C21H25N3O4S/c1-3-28-20-8-5-4-7-19(20)24(29(2,26)27)16-6-9-21(25)23-18-12-10-17(11-13-18)14-15-22/h4-5,7-8,10-13H,3,6,9,14,16H2,1-2H3,(H,23,25). The van der Waals surface area contributed by atoms with Gasteiger partial charge < -0.3 is 10.1 Å². The third kappa shape index (κ3) is 6.80. The predicted molar refractivity (Wildman–Crippen MR) is 113 cm³/mol. The van der Waals surface area contributed by atoms with E-state index in [9.17, 15) is 13.2 Å². The number of rotatable bonds is 10. The zero-order chi connectivity index (χ0) is 21.3. The molecule has 2 aromatic rings. The van der Waals surface area contributed by atoms with Crippen molar-refractivity contribution in [2.75, 3.05) is 29.0 Å².